The van der Waals surface area contributed by atoms with Gasteiger partial charge in [0, 0.05) is 24.1 Å². The number of aryl methyl sites for hydroxylation is 1. The van der Waals surface area contributed by atoms with Crippen molar-refractivity contribution in [2.24, 2.45) is 0 Å². The van der Waals surface area contributed by atoms with Gasteiger partial charge in [-0.25, -0.2) is 9.78 Å². The van der Waals surface area contributed by atoms with Crippen LogP contribution < -0.4 is 5.69 Å². The van der Waals surface area contributed by atoms with Gasteiger partial charge in [-0.2, -0.15) is 0 Å². The molecular formula is C18H17N5O. The van der Waals surface area contributed by atoms with Gasteiger partial charge in [0.2, 0.25) is 0 Å². The van der Waals surface area contributed by atoms with Gasteiger partial charge in [-0.05, 0) is 38.0 Å². The van der Waals surface area contributed by atoms with Crippen molar-refractivity contribution in [1.82, 2.24) is 23.5 Å². The summed E-state index contributed by atoms with van der Waals surface area (Å²) in [6.45, 7) is 2.51. The van der Waals surface area contributed by atoms with Crippen molar-refractivity contribution in [2.75, 3.05) is 0 Å². The quantitative estimate of drug-likeness (QED) is 0.583. The van der Waals surface area contributed by atoms with E-state index in [9.17, 15) is 4.79 Å². The average Bonchev–Trinajstić information content (AvgIpc) is 3.33. The van der Waals surface area contributed by atoms with Gasteiger partial charge in [0.15, 0.2) is 0 Å². The van der Waals surface area contributed by atoms with Crippen LogP contribution in [-0.4, -0.2) is 23.5 Å². The molecule has 5 rings (SSSR count). The Morgan fingerprint density at radius 2 is 2.08 bits per heavy atom. The van der Waals surface area contributed by atoms with E-state index in [0.717, 1.165) is 40.9 Å². The van der Waals surface area contributed by atoms with Gasteiger partial charge in [0.05, 0.1) is 29.5 Å². The monoisotopic (exact) mass is 319 g/mol. The molecule has 0 spiro atoms. The molecule has 4 aromatic rings. The maximum atomic E-state index is 13.0. The van der Waals surface area contributed by atoms with Gasteiger partial charge in [0.1, 0.15) is 5.65 Å². The molecule has 6 heteroatoms. The number of pyridine rings is 2. The predicted molar refractivity (Wildman–Crippen MR) is 91.3 cm³/mol. The second kappa shape index (κ2) is 4.80. The molecule has 1 fully saturated rings. The predicted octanol–water partition coefficient (Wildman–Crippen LogP) is 2.54. The molecular weight excluding hydrogens is 302 g/mol. The van der Waals surface area contributed by atoms with Crippen LogP contribution in [-0.2, 0) is 6.54 Å². The molecule has 24 heavy (non-hydrogen) atoms. The number of rotatable bonds is 3. The maximum Gasteiger partial charge on any atom is 0.329 e. The SMILES string of the molecule is Cc1c(Cn2c(=O)n(C3CC3)c3ccncc32)nc2ccccn12. The third-order valence-electron chi connectivity index (χ3n) is 4.85. The molecule has 0 saturated heterocycles. The van der Waals surface area contributed by atoms with Crippen molar-refractivity contribution < 1.29 is 0 Å². The summed E-state index contributed by atoms with van der Waals surface area (Å²) in [5.41, 5.74) is 4.78. The molecule has 0 amide bonds. The number of fused-ring (bicyclic) bond motifs is 2. The first-order chi connectivity index (χ1) is 11.7. The smallest absolute Gasteiger partial charge is 0.304 e. The molecule has 0 N–H and O–H groups in total. The van der Waals surface area contributed by atoms with Crippen LogP contribution in [0, 0.1) is 6.92 Å². The molecule has 0 unspecified atom stereocenters. The third kappa shape index (κ3) is 1.86. The molecule has 0 atom stereocenters. The molecule has 120 valence electrons. The van der Waals surface area contributed by atoms with Crippen LogP contribution in [0.15, 0.2) is 47.7 Å². The molecule has 1 aliphatic rings. The summed E-state index contributed by atoms with van der Waals surface area (Å²) in [4.78, 5) is 21.9. The summed E-state index contributed by atoms with van der Waals surface area (Å²) in [6, 6.07) is 8.21. The fraction of sp³-hybridized carbons (Fsp3) is 0.278. The standard InChI is InChI=1S/C18H17N5O/c1-12-14(20-17-4-2-3-9-21(12)17)11-22-16-10-19-8-7-15(16)23(18(22)24)13-5-6-13/h2-4,7-10,13H,5-6,11H2,1H3. The summed E-state index contributed by atoms with van der Waals surface area (Å²) < 4.78 is 5.77. The highest BCUT2D eigenvalue weighted by atomic mass is 16.1. The summed E-state index contributed by atoms with van der Waals surface area (Å²) in [6.07, 6.45) is 7.68. The molecule has 4 heterocycles. The van der Waals surface area contributed by atoms with E-state index in [2.05, 4.69) is 9.38 Å². The Kier molecular flexibility index (Phi) is 2.71. The first-order valence-electron chi connectivity index (χ1n) is 8.21. The van der Waals surface area contributed by atoms with Crippen molar-refractivity contribution in [3.63, 3.8) is 0 Å². The van der Waals surface area contributed by atoms with Crippen LogP contribution in [0.2, 0.25) is 0 Å². The zero-order valence-corrected chi connectivity index (χ0v) is 13.4. The van der Waals surface area contributed by atoms with Gasteiger partial charge in [-0.1, -0.05) is 6.07 Å². The Morgan fingerprint density at radius 1 is 1.21 bits per heavy atom. The van der Waals surface area contributed by atoms with E-state index >= 15 is 0 Å². The number of aromatic nitrogens is 5. The minimum Gasteiger partial charge on any atom is -0.304 e. The number of hydrogen-bond donors (Lipinski definition) is 0. The van der Waals surface area contributed by atoms with Crippen molar-refractivity contribution in [1.29, 1.82) is 0 Å². The second-order valence-corrected chi connectivity index (χ2v) is 6.41. The lowest BCUT2D eigenvalue weighted by atomic mass is 10.3. The number of imidazole rings is 2. The molecule has 6 nitrogen and oxygen atoms in total. The van der Waals surface area contributed by atoms with Crippen molar-refractivity contribution >= 4 is 16.7 Å². The lowest BCUT2D eigenvalue weighted by molar-refractivity contribution is 0.666. The van der Waals surface area contributed by atoms with E-state index in [1.807, 2.05) is 42.0 Å². The minimum atomic E-state index is 0.0388. The van der Waals surface area contributed by atoms with E-state index < -0.39 is 0 Å². The number of hydrogen-bond acceptors (Lipinski definition) is 3. The van der Waals surface area contributed by atoms with E-state index in [0.29, 0.717) is 12.6 Å². The van der Waals surface area contributed by atoms with Crippen LogP contribution in [0.3, 0.4) is 0 Å². The molecule has 0 bridgehead atoms. The molecule has 1 saturated carbocycles. The van der Waals surface area contributed by atoms with Gasteiger partial charge < -0.3 is 4.40 Å². The first-order valence-corrected chi connectivity index (χ1v) is 8.21. The highest BCUT2D eigenvalue weighted by molar-refractivity contribution is 5.75. The van der Waals surface area contributed by atoms with Crippen LogP contribution in [0.4, 0.5) is 0 Å². The molecule has 0 aromatic carbocycles. The van der Waals surface area contributed by atoms with Gasteiger partial charge in [-0.15, -0.1) is 0 Å². The second-order valence-electron chi connectivity index (χ2n) is 6.41. The van der Waals surface area contributed by atoms with E-state index in [4.69, 9.17) is 4.98 Å². The Morgan fingerprint density at radius 3 is 2.88 bits per heavy atom. The Balaban J connectivity index is 1.70. The largest absolute Gasteiger partial charge is 0.329 e. The van der Waals surface area contributed by atoms with Crippen LogP contribution in [0.5, 0.6) is 0 Å². The molecule has 4 aromatic heterocycles. The van der Waals surface area contributed by atoms with E-state index in [-0.39, 0.29) is 5.69 Å². The lowest BCUT2D eigenvalue weighted by Crippen LogP contribution is -2.24. The van der Waals surface area contributed by atoms with Crippen LogP contribution in [0.1, 0.15) is 30.3 Å². The molecule has 0 aliphatic heterocycles. The zero-order chi connectivity index (χ0) is 16.3. The Labute approximate surface area is 138 Å². The lowest BCUT2D eigenvalue weighted by Gasteiger charge is -2.02. The van der Waals surface area contributed by atoms with Crippen molar-refractivity contribution in [3.05, 3.63) is 64.7 Å². The normalized spacial score (nSPS) is 14.7. The van der Waals surface area contributed by atoms with Crippen molar-refractivity contribution in [3.8, 4) is 0 Å². The number of nitrogens with zero attached hydrogens (tertiary/aromatic N) is 5. The Hall–Kier alpha value is -2.89. The molecule has 0 radical (unpaired) electrons. The molecule has 1 aliphatic carbocycles. The maximum absolute atomic E-state index is 13.0. The fourth-order valence-corrected chi connectivity index (χ4v) is 3.43. The first kappa shape index (κ1) is 13.5. The van der Waals surface area contributed by atoms with Crippen molar-refractivity contribution in [2.45, 2.75) is 32.4 Å². The van der Waals surface area contributed by atoms with Gasteiger partial charge in [0.25, 0.3) is 0 Å². The van der Waals surface area contributed by atoms with Crippen LogP contribution >= 0.6 is 0 Å². The third-order valence-corrected chi connectivity index (χ3v) is 4.85. The minimum absolute atomic E-state index is 0.0388. The van der Waals surface area contributed by atoms with E-state index in [1.54, 1.807) is 17.0 Å². The highest BCUT2D eigenvalue weighted by Crippen LogP contribution is 2.36. The van der Waals surface area contributed by atoms with Crippen LogP contribution in [0.25, 0.3) is 16.7 Å². The average molecular weight is 319 g/mol. The van der Waals surface area contributed by atoms with Gasteiger partial charge in [-0.3, -0.25) is 14.1 Å². The van der Waals surface area contributed by atoms with E-state index in [1.165, 1.54) is 0 Å². The summed E-state index contributed by atoms with van der Waals surface area (Å²) >= 11 is 0. The summed E-state index contributed by atoms with van der Waals surface area (Å²) in [5, 5.41) is 0. The topological polar surface area (TPSA) is 57.1 Å². The zero-order valence-electron chi connectivity index (χ0n) is 13.4. The summed E-state index contributed by atoms with van der Waals surface area (Å²) in [7, 11) is 0. The van der Waals surface area contributed by atoms with Gasteiger partial charge >= 0.3 is 5.69 Å². The Bertz CT molecular complexity index is 1130. The highest BCUT2D eigenvalue weighted by Gasteiger charge is 2.29. The fourth-order valence-electron chi connectivity index (χ4n) is 3.43. The summed E-state index contributed by atoms with van der Waals surface area (Å²) in [5.74, 6) is 0.